The van der Waals surface area contributed by atoms with Gasteiger partial charge in [-0.1, -0.05) is 17.2 Å². The number of rotatable bonds is 6. The lowest BCUT2D eigenvalue weighted by Gasteiger charge is -2.18. The average molecular weight is 278 g/mol. The molecule has 2 atom stereocenters. The molecule has 7 nitrogen and oxygen atoms in total. The fourth-order valence-electron chi connectivity index (χ4n) is 1.73. The Morgan fingerprint density at radius 2 is 2.15 bits per heavy atom. The molecule has 0 aromatic heterocycles. The first-order valence-corrected chi connectivity index (χ1v) is 6.16. The van der Waals surface area contributed by atoms with Crippen molar-refractivity contribution in [2.45, 2.75) is 18.6 Å². The molecule has 2 unspecified atom stereocenters. The maximum Gasteiger partial charge on any atom is 0.253 e. The Labute approximate surface area is 117 Å². The van der Waals surface area contributed by atoms with Gasteiger partial charge in [0.1, 0.15) is 6.10 Å². The Hall–Kier alpha value is -2.08. The van der Waals surface area contributed by atoms with E-state index in [1.807, 2.05) is 0 Å². The van der Waals surface area contributed by atoms with Gasteiger partial charge in [0.2, 0.25) is 0 Å². The Morgan fingerprint density at radius 3 is 2.75 bits per heavy atom. The lowest BCUT2D eigenvalue weighted by Crippen LogP contribution is -2.23. The largest absolute Gasteiger partial charge is 0.390 e. The standard InChI is InChI=1S/C13H18N4O3/c1-17(2)13(20)10-5-3-4-9(8-10)12(19)11(18)6-7-15-16-14/h3-5,8,11-12,18-19H,6-7H2,1-2H3. The van der Waals surface area contributed by atoms with Crippen molar-refractivity contribution in [2.24, 2.45) is 5.11 Å². The van der Waals surface area contributed by atoms with Crippen LogP contribution in [-0.4, -0.2) is 47.8 Å². The summed E-state index contributed by atoms with van der Waals surface area (Å²) < 4.78 is 0. The monoisotopic (exact) mass is 278 g/mol. The summed E-state index contributed by atoms with van der Waals surface area (Å²) >= 11 is 0. The molecule has 1 rings (SSSR count). The highest BCUT2D eigenvalue weighted by Gasteiger charge is 2.19. The van der Waals surface area contributed by atoms with Crippen LogP contribution in [0.3, 0.4) is 0 Å². The molecule has 0 radical (unpaired) electrons. The Balaban J connectivity index is 2.82. The summed E-state index contributed by atoms with van der Waals surface area (Å²) in [5.74, 6) is -0.178. The van der Waals surface area contributed by atoms with Crippen LogP contribution in [0, 0.1) is 0 Å². The van der Waals surface area contributed by atoms with E-state index >= 15 is 0 Å². The second kappa shape index (κ2) is 7.49. The van der Waals surface area contributed by atoms with Crippen molar-refractivity contribution in [3.8, 4) is 0 Å². The molecule has 0 fully saturated rings. The predicted molar refractivity (Wildman–Crippen MR) is 74.1 cm³/mol. The van der Waals surface area contributed by atoms with Crippen LogP contribution < -0.4 is 0 Å². The molecular weight excluding hydrogens is 260 g/mol. The smallest absolute Gasteiger partial charge is 0.253 e. The highest BCUT2D eigenvalue weighted by Crippen LogP contribution is 2.20. The van der Waals surface area contributed by atoms with Gasteiger partial charge in [0, 0.05) is 31.1 Å². The molecule has 0 aliphatic heterocycles. The third-order valence-electron chi connectivity index (χ3n) is 2.83. The summed E-state index contributed by atoms with van der Waals surface area (Å²) in [5.41, 5.74) is 9.05. The molecule has 1 aromatic carbocycles. The summed E-state index contributed by atoms with van der Waals surface area (Å²) in [4.78, 5) is 15.8. The van der Waals surface area contributed by atoms with Crippen molar-refractivity contribution in [2.75, 3.05) is 20.6 Å². The van der Waals surface area contributed by atoms with Gasteiger partial charge in [-0.25, -0.2) is 0 Å². The highest BCUT2D eigenvalue weighted by atomic mass is 16.3. The van der Waals surface area contributed by atoms with Gasteiger partial charge in [0.15, 0.2) is 0 Å². The predicted octanol–water partition coefficient (Wildman–Crippen LogP) is 1.48. The third-order valence-corrected chi connectivity index (χ3v) is 2.83. The molecule has 0 aliphatic rings. The summed E-state index contributed by atoms with van der Waals surface area (Å²) in [5, 5.41) is 23.1. The van der Waals surface area contributed by atoms with E-state index in [1.54, 1.807) is 38.4 Å². The van der Waals surface area contributed by atoms with Gasteiger partial charge in [-0.05, 0) is 29.6 Å². The zero-order valence-corrected chi connectivity index (χ0v) is 11.5. The number of benzene rings is 1. The van der Waals surface area contributed by atoms with Crippen LogP contribution in [0.25, 0.3) is 10.4 Å². The van der Waals surface area contributed by atoms with E-state index in [0.29, 0.717) is 11.1 Å². The van der Waals surface area contributed by atoms with E-state index in [2.05, 4.69) is 10.0 Å². The first kappa shape index (κ1) is 16.0. The molecule has 1 amide bonds. The average Bonchev–Trinajstić information content (AvgIpc) is 2.45. The number of aliphatic hydroxyl groups excluding tert-OH is 2. The molecule has 7 heteroatoms. The molecule has 0 aliphatic carbocycles. The van der Waals surface area contributed by atoms with Crippen LogP contribution in [0.4, 0.5) is 0 Å². The van der Waals surface area contributed by atoms with Crippen molar-refractivity contribution in [1.29, 1.82) is 0 Å². The van der Waals surface area contributed by atoms with Crippen molar-refractivity contribution < 1.29 is 15.0 Å². The van der Waals surface area contributed by atoms with Gasteiger partial charge >= 0.3 is 0 Å². The number of azide groups is 1. The van der Waals surface area contributed by atoms with E-state index in [4.69, 9.17) is 5.53 Å². The molecule has 0 spiro atoms. The summed E-state index contributed by atoms with van der Waals surface area (Å²) in [7, 11) is 3.28. The number of hydrogen-bond acceptors (Lipinski definition) is 4. The lowest BCUT2D eigenvalue weighted by atomic mass is 10.00. The maximum absolute atomic E-state index is 11.8. The zero-order valence-electron chi connectivity index (χ0n) is 11.5. The second-order valence-corrected chi connectivity index (χ2v) is 4.58. The molecule has 1 aromatic rings. The first-order valence-electron chi connectivity index (χ1n) is 6.16. The molecular formula is C13H18N4O3. The zero-order chi connectivity index (χ0) is 15.1. The van der Waals surface area contributed by atoms with Crippen LogP contribution in [0.15, 0.2) is 29.4 Å². The molecule has 0 saturated carbocycles. The first-order chi connectivity index (χ1) is 9.47. The number of amides is 1. The summed E-state index contributed by atoms with van der Waals surface area (Å²) in [6.07, 6.45) is -2.03. The molecule has 2 N–H and O–H groups in total. The van der Waals surface area contributed by atoms with Gasteiger partial charge < -0.3 is 15.1 Å². The number of nitrogens with zero attached hydrogens (tertiary/aromatic N) is 4. The van der Waals surface area contributed by atoms with Crippen LogP contribution >= 0.6 is 0 Å². The van der Waals surface area contributed by atoms with E-state index in [1.165, 1.54) is 4.90 Å². The fraction of sp³-hybridized carbons (Fsp3) is 0.462. The number of hydrogen-bond donors (Lipinski definition) is 2. The number of aliphatic hydroxyl groups is 2. The van der Waals surface area contributed by atoms with Gasteiger partial charge in [0.05, 0.1) is 6.10 Å². The van der Waals surface area contributed by atoms with Crippen LogP contribution in [-0.2, 0) is 0 Å². The Kier molecular flexibility index (Phi) is 5.99. The van der Waals surface area contributed by atoms with Crippen molar-refractivity contribution in [1.82, 2.24) is 4.90 Å². The van der Waals surface area contributed by atoms with Gasteiger partial charge in [-0.3, -0.25) is 4.79 Å². The van der Waals surface area contributed by atoms with Crippen molar-refractivity contribution in [3.05, 3.63) is 45.8 Å². The molecule has 0 heterocycles. The number of carbonyl (C=O) groups excluding carboxylic acids is 1. The van der Waals surface area contributed by atoms with Crippen LogP contribution in [0.5, 0.6) is 0 Å². The topological polar surface area (TPSA) is 110 Å². The molecule has 0 bridgehead atoms. The van der Waals surface area contributed by atoms with Crippen molar-refractivity contribution >= 4 is 5.91 Å². The van der Waals surface area contributed by atoms with Crippen molar-refractivity contribution in [3.63, 3.8) is 0 Å². The third kappa shape index (κ3) is 4.24. The highest BCUT2D eigenvalue weighted by molar-refractivity contribution is 5.94. The second-order valence-electron chi connectivity index (χ2n) is 4.58. The lowest BCUT2D eigenvalue weighted by molar-refractivity contribution is 0.0150. The molecule has 108 valence electrons. The van der Waals surface area contributed by atoms with E-state index in [0.717, 1.165) is 0 Å². The molecule has 0 saturated heterocycles. The SMILES string of the molecule is CN(C)C(=O)c1cccc(C(O)C(O)CCN=[N+]=[N-])c1. The van der Waals surface area contributed by atoms with E-state index < -0.39 is 12.2 Å². The van der Waals surface area contributed by atoms with E-state index in [-0.39, 0.29) is 18.9 Å². The minimum atomic E-state index is -1.13. The normalized spacial score (nSPS) is 13.2. The summed E-state index contributed by atoms with van der Waals surface area (Å²) in [6.45, 7) is 0.102. The molecule has 20 heavy (non-hydrogen) atoms. The summed E-state index contributed by atoms with van der Waals surface area (Å²) in [6, 6.07) is 6.47. The Bertz CT molecular complexity index is 512. The quantitative estimate of drug-likeness (QED) is 0.467. The van der Waals surface area contributed by atoms with Gasteiger partial charge in [-0.2, -0.15) is 0 Å². The maximum atomic E-state index is 11.8. The minimum absolute atomic E-state index is 0.102. The van der Waals surface area contributed by atoms with Crippen LogP contribution in [0.2, 0.25) is 0 Å². The van der Waals surface area contributed by atoms with Crippen LogP contribution in [0.1, 0.15) is 28.4 Å². The number of carbonyl (C=O) groups is 1. The fourth-order valence-corrected chi connectivity index (χ4v) is 1.73. The minimum Gasteiger partial charge on any atom is -0.390 e. The van der Waals surface area contributed by atoms with E-state index in [9.17, 15) is 15.0 Å². The van der Waals surface area contributed by atoms with Gasteiger partial charge in [-0.15, -0.1) is 0 Å². The Morgan fingerprint density at radius 1 is 1.45 bits per heavy atom. The van der Waals surface area contributed by atoms with Gasteiger partial charge in [0.25, 0.3) is 5.91 Å².